The van der Waals surface area contributed by atoms with Gasteiger partial charge in [-0.05, 0) is 37.4 Å². The molecule has 2 aromatic rings. The molecule has 1 aromatic carbocycles. The second kappa shape index (κ2) is 5.27. The van der Waals surface area contributed by atoms with Crippen molar-refractivity contribution in [1.29, 1.82) is 0 Å². The minimum Gasteiger partial charge on any atom is -0.453 e. The number of hydrogen-bond acceptors (Lipinski definition) is 3. The summed E-state index contributed by atoms with van der Waals surface area (Å²) in [4.78, 5) is 4.70. The van der Waals surface area contributed by atoms with E-state index in [4.69, 9.17) is 16.0 Å². The van der Waals surface area contributed by atoms with Crippen molar-refractivity contribution in [1.82, 2.24) is 4.90 Å². The van der Waals surface area contributed by atoms with Crippen LogP contribution in [0.3, 0.4) is 0 Å². The van der Waals surface area contributed by atoms with Crippen LogP contribution in [0.4, 0.5) is 5.69 Å². The van der Waals surface area contributed by atoms with E-state index < -0.39 is 0 Å². The van der Waals surface area contributed by atoms with Gasteiger partial charge in [0, 0.05) is 42.5 Å². The number of furan rings is 1. The summed E-state index contributed by atoms with van der Waals surface area (Å²) in [7, 11) is 2.15. The predicted octanol–water partition coefficient (Wildman–Crippen LogP) is 3.15. The first-order valence-corrected chi connectivity index (χ1v) is 6.81. The Hall–Kier alpha value is -1.45. The lowest BCUT2D eigenvalue weighted by atomic mass is 10.1. The third-order valence-corrected chi connectivity index (χ3v) is 3.78. The van der Waals surface area contributed by atoms with E-state index in [0.29, 0.717) is 0 Å². The standard InChI is InChI=1S/C15H16ClN2O/c1-17-6-8-18(9-7-17)14-11-12(16)4-5-13(14)15-3-2-10-19-15/h2-5,11H,6-9H2,1H3. The molecule has 0 amide bonds. The van der Waals surface area contributed by atoms with E-state index in [2.05, 4.69) is 23.1 Å². The first-order valence-electron chi connectivity index (χ1n) is 6.43. The number of nitrogens with zero attached hydrogens (tertiary/aromatic N) is 2. The molecule has 0 bridgehead atoms. The molecule has 0 unspecified atom stereocenters. The molecule has 1 aliphatic rings. The fourth-order valence-corrected chi connectivity index (χ4v) is 2.57. The van der Waals surface area contributed by atoms with Crippen molar-refractivity contribution in [2.24, 2.45) is 0 Å². The van der Waals surface area contributed by atoms with Crippen molar-refractivity contribution in [3.8, 4) is 11.3 Å². The lowest BCUT2D eigenvalue weighted by Gasteiger charge is -2.35. The topological polar surface area (TPSA) is 19.6 Å². The van der Waals surface area contributed by atoms with Crippen LogP contribution in [0.2, 0.25) is 5.02 Å². The van der Waals surface area contributed by atoms with E-state index in [1.54, 1.807) is 6.07 Å². The fourth-order valence-electron chi connectivity index (χ4n) is 2.41. The summed E-state index contributed by atoms with van der Waals surface area (Å²) in [5.41, 5.74) is 2.22. The van der Waals surface area contributed by atoms with Gasteiger partial charge < -0.3 is 14.2 Å². The molecule has 1 saturated heterocycles. The Morgan fingerprint density at radius 3 is 2.63 bits per heavy atom. The summed E-state index contributed by atoms with van der Waals surface area (Å²) in [6, 6.07) is 9.66. The van der Waals surface area contributed by atoms with Crippen molar-refractivity contribution < 1.29 is 4.42 Å². The molecule has 0 aliphatic carbocycles. The van der Waals surface area contributed by atoms with Crippen LogP contribution in [-0.2, 0) is 0 Å². The SMILES string of the molecule is CN1CCN(c2cc(Cl)ccc2-c2cc[c]o2)CC1. The minimum absolute atomic E-state index is 0.758. The highest BCUT2D eigenvalue weighted by molar-refractivity contribution is 6.31. The first kappa shape index (κ1) is 12.6. The first-order chi connectivity index (χ1) is 9.24. The fraction of sp³-hybridized carbons (Fsp3) is 0.333. The third-order valence-electron chi connectivity index (χ3n) is 3.54. The molecule has 99 valence electrons. The molecule has 0 saturated carbocycles. The van der Waals surface area contributed by atoms with Crippen molar-refractivity contribution in [2.45, 2.75) is 0 Å². The number of benzene rings is 1. The number of hydrogen-bond donors (Lipinski definition) is 0. The van der Waals surface area contributed by atoms with Gasteiger partial charge in [-0.3, -0.25) is 0 Å². The molecule has 0 atom stereocenters. The maximum atomic E-state index is 6.15. The van der Waals surface area contributed by atoms with Crippen molar-refractivity contribution in [3.63, 3.8) is 0 Å². The quantitative estimate of drug-likeness (QED) is 0.839. The van der Waals surface area contributed by atoms with Gasteiger partial charge in [0.25, 0.3) is 0 Å². The molecule has 0 spiro atoms. The average molecular weight is 276 g/mol. The van der Waals surface area contributed by atoms with Gasteiger partial charge >= 0.3 is 0 Å². The lowest BCUT2D eigenvalue weighted by Crippen LogP contribution is -2.44. The van der Waals surface area contributed by atoms with Crippen LogP contribution >= 0.6 is 11.6 Å². The number of piperazine rings is 1. The molecule has 1 radical (unpaired) electrons. The van der Waals surface area contributed by atoms with Crippen LogP contribution < -0.4 is 4.90 Å². The van der Waals surface area contributed by atoms with Crippen LogP contribution in [0.25, 0.3) is 11.3 Å². The highest BCUT2D eigenvalue weighted by Gasteiger charge is 2.19. The van der Waals surface area contributed by atoms with Crippen LogP contribution in [0.1, 0.15) is 0 Å². The highest BCUT2D eigenvalue weighted by atomic mass is 35.5. The van der Waals surface area contributed by atoms with E-state index in [0.717, 1.165) is 48.2 Å². The van der Waals surface area contributed by atoms with E-state index in [9.17, 15) is 0 Å². The maximum Gasteiger partial charge on any atom is 0.170 e. The summed E-state index contributed by atoms with van der Waals surface area (Å²) >= 11 is 6.15. The summed E-state index contributed by atoms with van der Waals surface area (Å²) in [6.45, 7) is 4.15. The second-order valence-electron chi connectivity index (χ2n) is 4.87. The molecular weight excluding hydrogens is 260 g/mol. The van der Waals surface area contributed by atoms with Gasteiger partial charge in [-0.1, -0.05) is 11.6 Å². The Bertz CT molecular complexity index is 545. The Kier molecular flexibility index (Phi) is 3.49. The summed E-state index contributed by atoms with van der Waals surface area (Å²) in [6.07, 6.45) is 2.75. The summed E-state index contributed by atoms with van der Waals surface area (Å²) in [5.74, 6) is 0.839. The monoisotopic (exact) mass is 275 g/mol. The predicted molar refractivity (Wildman–Crippen MR) is 77.7 cm³/mol. The normalized spacial score (nSPS) is 16.8. The number of halogens is 1. The van der Waals surface area contributed by atoms with Gasteiger partial charge in [0.2, 0.25) is 0 Å². The van der Waals surface area contributed by atoms with Crippen LogP contribution in [-0.4, -0.2) is 38.1 Å². The molecule has 1 aliphatic heterocycles. The molecule has 3 nitrogen and oxygen atoms in total. The Morgan fingerprint density at radius 2 is 1.95 bits per heavy atom. The van der Waals surface area contributed by atoms with Crippen LogP contribution in [0.5, 0.6) is 0 Å². The van der Waals surface area contributed by atoms with Crippen molar-refractivity contribution in [3.05, 3.63) is 41.6 Å². The van der Waals surface area contributed by atoms with Gasteiger partial charge in [-0.25, -0.2) is 0 Å². The number of anilines is 1. The zero-order valence-electron chi connectivity index (χ0n) is 10.9. The number of likely N-dealkylation sites (N-methyl/N-ethyl adjacent to an activating group) is 1. The maximum absolute atomic E-state index is 6.15. The molecule has 1 fully saturated rings. The molecule has 19 heavy (non-hydrogen) atoms. The lowest BCUT2D eigenvalue weighted by molar-refractivity contribution is 0.313. The van der Waals surface area contributed by atoms with Crippen molar-refractivity contribution in [2.75, 3.05) is 38.1 Å². The Labute approximate surface area is 118 Å². The van der Waals surface area contributed by atoms with E-state index >= 15 is 0 Å². The minimum atomic E-state index is 0.758. The van der Waals surface area contributed by atoms with Crippen molar-refractivity contribution >= 4 is 17.3 Å². The van der Waals surface area contributed by atoms with Gasteiger partial charge in [0.05, 0.1) is 0 Å². The Balaban J connectivity index is 1.97. The third kappa shape index (κ3) is 2.62. The summed E-state index contributed by atoms with van der Waals surface area (Å²) in [5, 5.41) is 0.758. The molecule has 2 heterocycles. The molecule has 3 rings (SSSR count). The van der Waals surface area contributed by atoms with Gasteiger partial charge in [0.15, 0.2) is 6.26 Å². The van der Waals surface area contributed by atoms with Gasteiger partial charge in [0.1, 0.15) is 5.76 Å². The zero-order valence-corrected chi connectivity index (χ0v) is 11.7. The molecular formula is C15H16ClN2O. The zero-order chi connectivity index (χ0) is 13.2. The van der Waals surface area contributed by atoms with Gasteiger partial charge in [-0.15, -0.1) is 0 Å². The van der Waals surface area contributed by atoms with Crippen LogP contribution in [0.15, 0.2) is 34.7 Å². The molecule has 1 aromatic heterocycles. The van der Waals surface area contributed by atoms with E-state index in [-0.39, 0.29) is 0 Å². The van der Waals surface area contributed by atoms with E-state index in [1.807, 2.05) is 24.3 Å². The molecule has 4 heteroatoms. The second-order valence-corrected chi connectivity index (χ2v) is 5.31. The summed E-state index contributed by atoms with van der Waals surface area (Å²) < 4.78 is 5.41. The largest absolute Gasteiger partial charge is 0.453 e. The van der Waals surface area contributed by atoms with E-state index in [1.165, 1.54) is 0 Å². The highest BCUT2D eigenvalue weighted by Crippen LogP contribution is 2.33. The smallest absolute Gasteiger partial charge is 0.170 e. The Morgan fingerprint density at radius 1 is 1.16 bits per heavy atom. The van der Waals surface area contributed by atoms with Crippen LogP contribution in [0, 0.1) is 6.26 Å². The van der Waals surface area contributed by atoms with Gasteiger partial charge in [-0.2, -0.15) is 0 Å². The average Bonchev–Trinajstić information content (AvgIpc) is 2.93. The number of rotatable bonds is 2. The molecule has 0 N–H and O–H groups in total.